The topological polar surface area (TPSA) is 52.0 Å². The van der Waals surface area contributed by atoms with Gasteiger partial charge in [-0.2, -0.15) is 15.0 Å². The summed E-state index contributed by atoms with van der Waals surface area (Å²) in [6, 6.07) is 8.65. The number of ether oxygens (including phenoxy) is 1. The fourth-order valence-electron chi connectivity index (χ4n) is 2.63. The number of benzene rings is 1. The van der Waals surface area contributed by atoms with Gasteiger partial charge in [-0.3, -0.25) is 0 Å². The number of nitrogens with one attached hydrogen (secondary N) is 1. The lowest BCUT2D eigenvalue weighted by Gasteiger charge is -2.36. The average Bonchev–Trinajstić information content (AvgIpc) is 2.92. The van der Waals surface area contributed by atoms with Gasteiger partial charge in [0.25, 0.3) is 0 Å². The van der Waals surface area contributed by atoms with Crippen molar-refractivity contribution in [3.05, 3.63) is 36.7 Å². The van der Waals surface area contributed by atoms with E-state index in [1.165, 1.54) is 0 Å². The van der Waals surface area contributed by atoms with E-state index in [9.17, 15) is 0 Å². The van der Waals surface area contributed by atoms with Crippen LogP contribution in [0.3, 0.4) is 0 Å². The standard InChI is InChI=1S/C15H20N4O/c1-15(2)11-13(7-10-20-15)18-12-3-5-14(6-4-12)19-16-8-9-17-19/h3-6,8-9,13,18H,7,10-11H2,1-2H3. The Hall–Kier alpha value is -1.88. The minimum Gasteiger partial charge on any atom is -0.382 e. The Balaban J connectivity index is 1.66. The number of anilines is 1. The monoisotopic (exact) mass is 272 g/mol. The molecule has 3 rings (SSSR count). The molecule has 106 valence electrons. The van der Waals surface area contributed by atoms with Crippen molar-refractivity contribution in [3.63, 3.8) is 0 Å². The third kappa shape index (κ3) is 2.99. The maximum absolute atomic E-state index is 5.74. The summed E-state index contributed by atoms with van der Waals surface area (Å²) in [5.74, 6) is 0. The van der Waals surface area contributed by atoms with Crippen molar-refractivity contribution in [1.82, 2.24) is 15.0 Å². The Labute approximate surface area is 118 Å². The highest BCUT2D eigenvalue weighted by Gasteiger charge is 2.28. The zero-order valence-corrected chi connectivity index (χ0v) is 11.9. The van der Waals surface area contributed by atoms with Gasteiger partial charge in [-0.15, -0.1) is 0 Å². The SMILES string of the molecule is CC1(C)CC(Nc2ccc(-n3nccn3)cc2)CCO1. The van der Waals surface area contributed by atoms with Gasteiger partial charge in [0.2, 0.25) is 0 Å². The molecule has 0 bridgehead atoms. The van der Waals surface area contributed by atoms with Gasteiger partial charge in [-0.1, -0.05) is 0 Å². The Morgan fingerprint density at radius 2 is 1.90 bits per heavy atom. The van der Waals surface area contributed by atoms with Gasteiger partial charge in [0.1, 0.15) is 0 Å². The highest BCUT2D eigenvalue weighted by Crippen LogP contribution is 2.26. The van der Waals surface area contributed by atoms with Crippen molar-refractivity contribution in [2.24, 2.45) is 0 Å². The van der Waals surface area contributed by atoms with Crippen LogP contribution in [-0.4, -0.2) is 33.2 Å². The van der Waals surface area contributed by atoms with E-state index in [4.69, 9.17) is 4.74 Å². The normalized spacial score (nSPS) is 21.6. The van der Waals surface area contributed by atoms with Gasteiger partial charge in [-0.05, 0) is 51.0 Å². The van der Waals surface area contributed by atoms with Crippen LogP contribution in [0.25, 0.3) is 5.69 Å². The summed E-state index contributed by atoms with van der Waals surface area (Å²) in [5.41, 5.74) is 2.06. The van der Waals surface area contributed by atoms with E-state index in [2.05, 4.69) is 41.5 Å². The van der Waals surface area contributed by atoms with Crippen LogP contribution in [0.5, 0.6) is 0 Å². The van der Waals surface area contributed by atoms with E-state index >= 15 is 0 Å². The summed E-state index contributed by atoms with van der Waals surface area (Å²) in [4.78, 5) is 1.61. The quantitative estimate of drug-likeness (QED) is 0.933. The van der Waals surface area contributed by atoms with Gasteiger partial charge in [0, 0.05) is 18.3 Å². The lowest BCUT2D eigenvalue weighted by atomic mass is 9.94. The van der Waals surface area contributed by atoms with Crippen LogP contribution in [0.15, 0.2) is 36.7 Å². The van der Waals surface area contributed by atoms with E-state index in [0.29, 0.717) is 6.04 Å². The first-order valence-corrected chi connectivity index (χ1v) is 7.00. The molecule has 1 fully saturated rings. The maximum atomic E-state index is 5.74. The highest BCUT2D eigenvalue weighted by molar-refractivity contribution is 5.48. The van der Waals surface area contributed by atoms with Crippen LogP contribution >= 0.6 is 0 Å². The Morgan fingerprint density at radius 1 is 1.20 bits per heavy atom. The van der Waals surface area contributed by atoms with Crippen LogP contribution in [0, 0.1) is 0 Å². The van der Waals surface area contributed by atoms with E-state index in [1.54, 1.807) is 17.2 Å². The molecular weight excluding hydrogens is 252 g/mol. The molecule has 1 atom stereocenters. The number of hydrogen-bond donors (Lipinski definition) is 1. The van der Waals surface area contributed by atoms with Crippen molar-refractivity contribution in [1.29, 1.82) is 0 Å². The molecule has 5 heteroatoms. The summed E-state index contributed by atoms with van der Waals surface area (Å²) in [6.45, 7) is 5.11. The van der Waals surface area contributed by atoms with Gasteiger partial charge < -0.3 is 10.1 Å². The van der Waals surface area contributed by atoms with Gasteiger partial charge in [0.15, 0.2) is 0 Å². The molecule has 20 heavy (non-hydrogen) atoms. The minimum atomic E-state index is -0.0329. The van der Waals surface area contributed by atoms with Gasteiger partial charge in [0.05, 0.1) is 23.7 Å². The van der Waals surface area contributed by atoms with Crippen LogP contribution in [-0.2, 0) is 4.74 Å². The molecule has 1 saturated heterocycles. The van der Waals surface area contributed by atoms with Crippen LogP contribution in [0.4, 0.5) is 5.69 Å². The zero-order chi connectivity index (χ0) is 14.0. The predicted octanol–water partition coefficient (Wildman–Crippen LogP) is 2.64. The first kappa shape index (κ1) is 13.1. The molecule has 0 spiro atoms. The van der Waals surface area contributed by atoms with Crippen molar-refractivity contribution < 1.29 is 4.74 Å². The third-order valence-electron chi connectivity index (χ3n) is 3.58. The van der Waals surface area contributed by atoms with E-state index in [1.807, 2.05) is 12.1 Å². The van der Waals surface area contributed by atoms with Crippen molar-refractivity contribution >= 4 is 5.69 Å². The van der Waals surface area contributed by atoms with Crippen LogP contribution in [0.2, 0.25) is 0 Å². The smallest absolute Gasteiger partial charge is 0.0858 e. The van der Waals surface area contributed by atoms with E-state index in [0.717, 1.165) is 30.8 Å². The fourth-order valence-corrected chi connectivity index (χ4v) is 2.63. The summed E-state index contributed by atoms with van der Waals surface area (Å²) in [7, 11) is 0. The molecule has 0 saturated carbocycles. The Kier molecular flexibility index (Phi) is 3.44. The zero-order valence-electron chi connectivity index (χ0n) is 11.9. The second-order valence-electron chi connectivity index (χ2n) is 5.81. The summed E-state index contributed by atoms with van der Waals surface area (Å²) in [6.07, 6.45) is 5.42. The number of rotatable bonds is 3. The van der Waals surface area contributed by atoms with Gasteiger partial charge in [-0.25, -0.2) is 0 Å². The molecule has 0 aliphatic carbocycles. The summed E-state index contributed by atoms with van der Waals surface area (Å²) >= 11 is 0. The lowest BCUT2D eigenvalue weighted by Crippen LogP contribution is -2.40. The minimum absolute atomic E-state index is 0.0329. The average molecular weight is 272 g/mol. The Morgan fingerprint density at radius 3 is 2.55 bits per heavy atom. The first-order chi connectivity index (χ1) is 9.62. The fraction of sp³-hybridized carbons (Fsp3) is 0.467. The number of hydrogen-bond acceptors (Lipinski definition) is 4. The van der Waals surface area contributed by atoms with Crippen molar-refractivity contribution in [2.45, 2.75) is 38.3 Å². The molecule has 1 unspecified atom stereocenters. The number of aromatic nitrogens is 3. The molecule has 1 N–H and O–H groups in total. The summed E-state index contributed by atoms with van der Waals surface area (Å²) in [5, 5.41) is 11.8. The molecule has 2 aromatic rings. The molecule has 0 amide bonds. The van der Waals surface area contributed by atoms with Crippen molar-refractivity contribution in [2.75, 3.05) is 11.9 Å². The number of nitrogens with zero attached hydrogens (tertiary/aromatic N) is 3. The molecule has 2 heterocycles. The third-order valence-corrected chi connectivity index (χ3v) is 3.58. The maximum Gasteiger partial charge on any atom is 0.0858 e. The molecule has 1 aliphatic rings. The lowest BCUT2D eigenvalue weighted by molar-refractivity contribution is -0.0553. The van der Waals surface area contributed by atoms with Crippen molar-refractivity contribution in [3.8, 4) is 5.69 Å². The first-order valence-electron chi connectivity index (χ1n) is 7.00. The van der Waals surface area contributed by atoms with Crippen LogP contribution in [0.1, 0.15) is 26.7 Å². The molecule has 0 radical (unpaired) electrons. The molecule has 1 aliphatic heterocycles. The second-order valence-corrected chi connectivity index (χ2v) is 5.81. The molecule has 5 nitrogen and oxygen atoms in total. The summed E-state index contributed by atoms with van der Waals surface area (Å²) < 4.78 is 5.74. The molecular formula is C15H20N4O. The Bertz CT molecular complexity index is 548. The second kappa shape index (κ2) is 5.25. The predicted molar refractivity (Wildman–Crippen MR) is 78.0 cm³/mol. The molecule has 1 aromatic carbocycles. The highest BCUT2D eigenvalue weighted by atomic mass is 16.5. The van der Waals surface area contributed by atoms with E-state index in [-0.39, 0.29) is 5.60 Å². The largest absolute Gasteiger partial charge is 0.382 e. The van der Waals surface area contributed by atoms with Crippen LogP contribution < -0.4 is 5.32 Å². The van der Waals surface area contributed by atoms with Gasteiger partial charge >= 0.3 is 0 Å². The van der Waals surface area contributed by atoms with E-state index < -0.39 is 0 Å². The molecule has 1 aromatic heterocycles.